The average Bonchev–Trinajstić information content (AvgIpc) is 2.54. The van der Waals surface area contributed by atoms with Crippen LogP contribution in [0.1, 0.15) is 91.4 Å². The molecular weight excluding hydrogens is 312 g/mol. The van der Waals surface area contributed by atoms with Crippen LogP contribution in [0.2, 0.25) is 0 Å². The van der Waals surface area contributed by atoms with Gasteiger partial charge in [0.25, 0.3) is 0 Å². The monoisotopic (exact) mass is 356 g/mol. The zero-order valence-electron chi connectivity index (χ0n) is 17.7. The number of carbonyl (C=O) groups is 1. The normalized spacial score (nSPS) is 13.8. The number of amides is 1. The van der Waals surface area contributed by atoms with E-state index in [4.69, 9.17) is 4.74 Å². The van der Waals surface area contributed by atoms with E-state index < -0.39 is 0 Å². The van der Waals surface area contributed by atoms with E-state index in [2.05, 4.69) is 26.1 Å². The molecule has 0 spiro atoms. The summed E-state index contributed by atoms with van der Waals surface area (Å²) in [5.41, 5.74) is 0.00896. The lowest BCUT2D eigenvalue weighted by atomic mass is 9.91. The van der Waals surface area contributed by atoms with Crippen LogP contribution in [0.4, 0.5) is 0 Å². The Morgan fingerprint density at radius 2 is 1.48 bits per heavy atom. The molecule has 4 nitrogen and oxygen atoms in total. The predicted molar refractivity (Wildman–Crippen MR) is 108 cm³/mol. The summed E-state index contributed by atoms with van der Waals surface area (Å²) < 4.78 is 6.28. The SMILES string of the molecule is CCCCCCCC(C)(CCCCC)OCCCNC(=O)CN(C)C. The summed E-state index contributed by atoms with van der Waals surface area (Å²) in [5.74, 6) is 0.0895. The molecule has 0 saturated carbocycles. The third kappa shape index (κ3) is 15.4. The van der Waals surface area contributed by atoms with Gasteiger partial charge in [0.15, 0.2) is 0 Å². The largest absolute Gasteiger partial charge is 0.375 e. The highest BCUT2D eigenvalue weighted by atomic mass is 16.5. The molecule has 0 aromatic carbocycles. The van der Waals surface area contributed by atoms with Crippen molar-refractivity contribution >= 4 is 5.91 Å². The minimum Gasteiger partial charge on any atom is -0.375 e. The Labute approximate surface area is 157 Å². The summed E-state index contributed by atoms with van der Waals surface area (Å²) in [6, 6.07) is 0. The van der Waals surface area contributed by atoms with Gasteiger partial charge in [0.05, 0.1) is 12.1 Å². The Hall–Kier alpha value is -0.610. The molecular formula is C21H44N2O2. The number of rotatable bonds is 17. The number of ether oxygens (including phenoxy) is 1. The zero-order chi connectivity index (χ0) is 19.0. The molecule has 0 aliphatic heterocycles. The van der Waals surface area contributed by atoms with Crippen molar-refractivity contribution in [1.29, 1.82) is 0 Å². The van der Waals surface area contributed by atoms with Gasteiger partial charge < -0.3 is 15.0 Å². The highest BCUT2D eigenvalue weighted by Crippen LogP contribution is 2.26. The Kier molecular flexibility index (Phi) is 15.2. The number of hydrogen-bond donors (Lipinski definition) is 1. The second-order valence-electron chi connectivity index (χ2n) is 7.86. The Balaban J connectivity index is 4.04. The summed E-state index contributed by atoms with van der Waals surface area (Å²) in [4.78, 5) is 13.5. The predicted octanol–water partition coefficient (Wildman–Crippen LogP) is 4.77. The molecule has 4 heteroatoms. The summed E-state index contributed by atoms with van der Waals surface area (Å²) in [5, 5.41) is 2.96. The summed E-state index contributed by atoms with van der Waals surface area (Å²) in [6.45, 7) is 8.68. The van der Waals surface area contributed by atoms with E-state index in [9.17, 15) is 4.79 Å². The fraction of sp³-hybridized carbons (Fsp3) is 0.952. The molecule has 0 saturated heterocycles. The first-order chi connectivity index (χ1) is 11.9. The highest BCUT2D eigenvalue weighted by Gasteiger charge is 2.23. The van der Waals surface area contributed by atoms with Gasteiger partial charge >= 0.3 is 0 Å². The van der Waals surface area contributed by atoms with E-state index in [1.807, 2.05) is 19.0 Å². The fourth-order valence-corrected chi connectivity index (χ4v) is 3.08. The van der Waals surface area contributed by atoms with Crippen LogP contribution in [0.15, 0.2) is 0 Å². The number of nitrogens with zero attached hydrogens (tertiary/aromatic N) is 1. The number of unbranched alkanes of at least 4 members (excludes halogenated alkanes) is 6. The van der Waals surface area contributed by atoms with Crippen molar-refractivity contribution < 1.29 is 9.53 Å². The van der Waals surface area contributed by atoms with E-state index in [0.717, 1.165) is 25.9 Å². The van der Waals surface area contributed by atoms with Crippen molar-refractivity contribution in [3.63, 3.8) is 0 Å². The molecule has 0 aliphatic rings. The lowest BCUT2D eigenvalue weighted by molar-refractivity contribution is -0.121. The molecule has 0 radical (unpaired) electrons. The van der Waals surface area contributed by atoms with Crippen LogP contribution in [0.3, 0.4) is 0 Å². The summed E-state index contributed by atoms with van der Waals surface area (Å²) in [6.07, 6.45) is 13.6. The van der Waals surface area contributed by atoms with Crippen molar-refractivity contribution in [3.05, 3.63) is 0 Å². The van der Waals surface area contributed by atoms with Gasteiger partial charge in [0.1, 0.15) is 0 Å². The molecule has 1 N–H and O–H groups in total. The maximum atomic E-state index is 11.6. The van der Waals surface area contributed by atoms with E-state index in [1.165, 1.54) is 51.4 Å². The second kappa shape index (κ2) is 15.6. The maximum Gasteiger partial charge on any atom is 0.234 e. The Morgan fingerprint density at radius 1 is 0.920 bits per heavy atom. The molecule has 150 valence electrons. The van der Waals surface area contributed by atoms with Gasteiger partial charge in [-0.05, 0) is 40.3 Å². The van der Waals surface area contributed by atoms with Gasteiger partial charge in [-0.2, -0.15) is 0 Å². The Morgan fingerprint density at radius 3 is 2.08 bits per heavy atom. The van der Waals surface area contributed by atoms with Crippen LogP contribution < -0.4 is 5.32 Å². The molecule has 0 fully saturated rings. The van der Waals surface area contributed by atoms with Crippen LogP contribution in [0.25, 0.3) is 0 Å². The first-order valence-electron chi connectivity index (χ1n) is 10.5. The molecule has 0 aromatic rings. The molecule has 0 bridgehead atoms. The molecule has 0 heterocycles. The smallest absolute Gasteiger partial charge is 0.234 e. The lowest BCUT2D eigenvalue weighted by Crippen LogP contribution is -2.35. The third-order valence-electron chi connectivity index (χ3n) is 4.67. The van der Waals surface area contributed by atoms with Gasteiger partial charge in [-0.3, -0.25) is 4.79 Å². The fourth-order valence-electron chi connectivity index (χ4n) is 3.08. The summed E-state index contributed by atoms with van der Waals surface area (Å²) >= 11 is 0. The van der Waals surface area contributed by atoms with Crippen molar-refractivity contribution in [3.8, 4) is 0 Å². The molecule has 1 amide bonds. The van der Waals surface area contributed by atoms with Crippen LogP contribution in [0, 0.1) is 0 Å². The number of hydrogen-bond acceptors (Lipinski definition) is 3. The minimum absolute atomic E-state index is 0.00896. The van der Waals surface area contributed by atoms with Crippen LogP contribution >= 0.6 is 0 Å². The second-order valence-corrected chi connectivity index (χ2v) is 7.86. The number of nitrogens with one attached hydrogen (secondary N) is 1. The van der Waals surface area contributed by atoms with Crippen molar-refractivity contribution in [2.45, 2.75) is 97.0 Å². The van der Waals surface area contributed by atoms with Crippen LogP contribution in [-0.4, -0.2) is 50.2 Å². The van der Waals surface area contributed by atoms with Gasteiger partial charge in [-0.1, -0.05) is 65.2 Å². The molecule has 0 aliphatic carbocycles. The number of likely N-dealkylation sites (N-methyl/N-ethyl adjacent to an activating group) is 1. The summed E-state index contributed by atoms with van der Waals surface area (Å²) in [7, 11) is 3.82. The maximum absolute atomic E-state index is 11.6. The molecule has 1 atom stereocenters. The van der Waals surface area contributed by atoms with E-state index >= 15 is 0 Å². The highest BCUT2D eigenvalue weighted by molar-refractivity contribution is 5.77. The van der Waals surface area contributed by atoms with Crippen LogP contribution in [0.5, 0.6) is 0 Å². The van der Waals surface area contributed by atoms with E-state index in [1.54, 1.807) is 0 Å². The van der Waals surface area contributed by atoms with Gasteiger partial charge in [0.2, 0.25) is 5.91 Å². The standard InChI is InChI=1S/C21H44N2O2/c1-6-8-10-11-13-16-21(3,15-12-9-7-2)25-18-14-17-22-20(24)19-23(4)5/h6-19H2,1-5H3,(H,22,24). The molecule has 25 heavy (non-hydrogen) atoms. The first kappa shape index (κ1) is 24.4. The third-order valence-corrected chi connectivity index (χ3v) is 4.67. The van der Waals surface area contributed by atoms with Crippen molar-refractivity contribution in [1.82, 2.24) is 10.2 Å². The average molecular weight is 357 g/mol. The van der Waals surface area contributed by atoms with Crippen molar-refractivity contribution in [2.75, 3.05) is 33.8 Å². The van der Waals surface area contributed by atoms with Gasteiger partial charge in [-0.15, -0.1) is 0 Å². The topological polar surface area (TPSA) is 41.6 Å². The zero-order valence-corrected chi connectivity index (χ0v) is 17.7. The quantitative estimate of drug-likeness (QED) is 0.382. The minimum atomic E-state index is 0.00896. The Bertz CT molecular complexity index is 321. The van der Waals surface area contributed by atoms with E-state index in [0.29, 0.717) is 13.1 Å². The van der Waals surface area contributed by atoms with Crippen molar-refractivity contribution in [2.24, 2.45) is 0 Å². The first-order valence-corrected chi connectivity index (χ1v) is 10.5. The number of carbonyl (C=O) groups excluding carboxylic acids is 1. The van der Waals surface area contributed by atoms with Gasteiger partial charge in [-0.25, -0.2) is 0 Å². The van der Waals surface area contributed by atoms with Gasteiger partial charge in [0, 0.05) is 13.2 Å². The van der Waals surface area contributed by atoms with E-state index in [-0.39, 0.29) is 11.5 Å². The lowest BCUT2D eigenvalue weighted by Gasteiger charge is -2.30. The molecule has 1 unspecified atom stereocenters. The van der Waals surface area contributed by atoms with Crippen LogP contribution in [-0.2, 0) is 9.53 Å². The molecule has 0 rings (SSSR count). The molecule has 0 aromatic heterocycles.